The molecule has 1 rings (SSSR count). The first-order valence-electron chi connectivity index (χ1n) is 2.23. The molecule has 3 N–H and O–H groups in total. The lowest BCUT2D eigenvalue weighted by atomic mass is 11.1. The van der Waals surface area contributed by atoms with Crippen molar-refractivity contribution >= 4 is 0 Å². The fourth-order valence-electron chi connectivity index (χ4n) is 0.384. The van der Waals surface area contributed by atoms with E-state index in [-0.39, 0.29) is 4.68 Å². The number of hydrogen-bond donors (Lipinski definition) is 2. The summed E-state index contributed by atoms with van der Waals surface area (Å²) in [6, 6.07) is 0. The molecule has 0 atom stereocenters. The zero-order valence-electron chi connectivity index (χ0n) is 4.66. The average molecular weight is 145 g/mol. The summed E-state index contributed by atoms with van der Waals surface area (Å²) in [5.41, 5.74) is -0.999. The summed E-state index contributed by atoms with van der Waals surface area (Å²) in [5.74, 6) is 2.48. The van der Waals surface area contributed by atoms with Crippen molar-refractivity contribution in [2.45, 2.75) is 0 Å². The van der Waals surface area contributed by atoms with E-state index < -0.39 is 17.2 Å². The van der Waals surface area contributed by atoms with Crippen molar-refractivity contribution in [2.24, 2.45) is 0 Å². The highest BCUT2D eigenvalue weighted by Crippen LogP contribution is 1.45. The molecule has 0 aliphatic rings. The van der Waals surface area contributed by atoms with Crippen LogP contribution in [-0.2, 0) is 0 Å². The van der Waals surface area contributed by atoms with E-state index in [0.717, 1.165) is 0 Å². The Labute approximate surface area is 52.7 Å². The molecule has 0 unspecified atom stereocenters. The van der Waals surface area contributed by atoms with Gasteiger partial charge in [-0.15, -0.1) is 4.68 Å². The Balaban J connectivity index is 3.80. The van der Waals surface area contributed by atoms with E-state index in [2.05, 4.69) is 4.42 Å². The summed E-state index contributed by atoms with van der Waals surface area (Å²) < 4.78 is 4.01. The quantitative estimate of drug-likeness (QED) is 0.383. The summed E-state index contributed by atoms with van der Waals surface area (Å²) in [4.78, 5) is 32.5. The van der Waals surface area contributed by atoms with Gasteiger partial charge in [-0.1, -0.05) is 0 Å². The zero-order chi connectivity index (χ0) is 7.72. The third-order valence-electron chi connectivity index (χ3n) is 0.804. The van der Waals surface area contributed by atoms with Gasteiger partial charge >= 0.3 is 17.2 Å². The topological polar surface area (TPSA) is 111 Å². The maximum Gasteiger partial charge on any atom is 0.446 e. The van der Waals surface area contributed by atoms with Crippen LogP contribution in [0.5, 0.6) is 0 Å². The lowest BCUT2D eigenvalue weighted by molar-refractivity contribution is 0.391. The third-order valence-corrected chi connectivity index (χ3v) is 0.804. The minimum absolute atomic E-state index is 0.154. The molecule has 0 aliphatic carbocycles. The molecule has 1 aromatic heterocycles. The number of nitrogens with two attached hydrogens (primary N) is 1. The Morgan fingerprint density at radius 3 is 2.50 bits per heavy atom. The predicted molar refractivity (Wildman–Crippen MR) is 30.0 cm³/mol. The van der Waals surface area contributed by atoms with Crippen molar-refractivity contribution in [1.29, 1.82) is 0 Å². The molecular weight excluding hydrogens is 142 g/mol. The van der Waals surface area contributed by atoms with Crippen LogP contribution in [0, 0.1) is 0 Å². The summed E-state index contributed by atoms with van der Waals surface area (Å²) in [6.45, 7) is 0. The minimum atomic E-state index is -1.19. The van der Waals surface area contributed by atoms with Gasteiger partial charge in [0.05, 0.1) is 0 Å². The number of nitrogens with one attached hydrogen (secondary N) is 1. The van der Waals surface area contributed by atoms with Gasteiger partial charge in [0.15, 0.2) is 0 Å². The summed E-state index contributed by atoms with van der Waals surface area (Å²) in [6.07, 6.45) is 0. The second-order valence-electron chi connectivity index (χ2n) is 1.46. The lowest BCUT2D eigenvalue weighted by Crippen LogP contribution is -2.44. The number of aromatic amines is 1. The highest BCUT2D eigenvalue weighted by atomic mass is 16.5. The fraction of sp³-hybridized carbons (Fsp3) is 0. The van der Waals surface area contributed by atoms with E-state index in [4.69, 9.17) is 5.84 Å². The number of rotatable bonds is 0. The summed E-state index contributed by atoms with van der Waals surface area (Å²) >= 11 is 0. The molecular formula is C3H3N3O4. The lowest BCUT2D eigenvalue weighted by Gasteiger charge is -1.87. The van der Waals surface area contributed by atoms with Crippen molar-refractivity contribution in [2.75, 3.05) is 5.84 Å². The predicted octanol–water partition coefficient (Wildman–Crippen LogP) is -2.80. The number of H-pyrrole nitrogens is 1. The van der Waals surface area contributed by atoms with Gasteiger partial charge in [-0.05, 0) is 0 Å². The van der Waals surface area contributed by atoms with Crippen LogP contribution >= 0.6 is 0 Å². The SMILES string of the molecule is Nn1c(=O)[nH]c(=O)oc1=O. The second kappa shape index (κ2) is 1.87. The van der Waals surface area contributed by atoms with Crippen molar-refractivity contribution in [3.05, 3.63) is 31.6 Å². The molecule has 0 aliphatic heterocycles. The molecule has 0 amide bonds. The molecule has 0 bridgehead atoms. The van der Waals surface area contributed by atoms with E-state index in [1.165, 1.54) is 0 Å². The Kier molecular flexibility index (Phi) is 1.18. The van der Waals surface area contributed by atoms with Crippen LogP contribution in [0.1, 0.15) is 0 Å². The van der Waals surface area contributed by atoms with E-state index >= 15 is 0 Å². The standard InChI is InChI=1S/C3H3N3O4/c4-6-1(7)5-2(8)10-3(6)9/h4H2,(H,5,7,8). The van der Waals surface area contributed by atoms with E-state index in [9.17, 15) is 14.4 Å². The van der Waals surface area contributed by atoms with Crippen molar-refractivity contribution < 1.29 is 4.42 Å². The first-order valence-corrected chi connectivity index (χ1v) is 2.23. The maximum absolute atomic E-state index is 10.4. The third kappa shape index (κ3) is 0.835. The average Bonchev–Trinajstić information content (AvgIpc) is 1.82. The molecule has 54 valence electrons. The largest absolute Gasteiger partial charge is 0.446 e. The van der Waals surface area contributed by atoms with Gasteiger partial charge < -0.3 is 10.3 Å². The Morgan fingerprint density at radius 2 is 2.00 bits per heavy atom. The highest BCUT2D eigenvalue weighted by molar-refractivity contribution is 4.61. The van der Waals surface area contributed by atoms with Crippen LogP contribution in [0.2, 0.25) is 0 Å². The molecule has 7 nitrogen and oxygen atoms in total. The van der Waals surface area contributed by atoms with Crippen LogP contribution < -0.4 is 23.0 Å². The fourth-order valence-corrected chi connectivity index (χ4v) is 0.384. The van der Waals surface area contributed by atoms with E-state index in [1.54, 1.807) is 4.98 Å². The van der Waals surface area contributed by atoms with Crippen LogP contribution in [0.25, 0.3) is 0 Å². The molecule has 7 heteroatoms. The van der Waals surface area contributed by atoms with Gasteiger partial charge in [-0.25, -0.2) is 19.4 Å². The number of hydrogen-bond acceptors (Lipinski definition) is 5. The molecule has 1 heterocycles. The number of nitrogens with zero attached hydrogens (tertiary/aromatic N) is 1. The first-order chi connectivity index (χ1) is 4.61. The van der Waals surface area contributed by atoms with Crippen LogP contribution in [-0.4, -0.2) is 9.66 Å². The smallest absolute Gasteiger partial charge is 0.357 e. The molecule has 1 aromatic rings. The summed E-state index contributed by atoms with van der Waals surface area (Å²) in [5, 5.41) is 0. The van der Waals surface area contributed by atoms with Crippen LogP contribution in [0.15, 0.2) is 18.8 Å². The van der Waals surface area contributed by atoms with Crippen molar-refractivity contribution in [1.82, 2.24) is 9.66 Å². The summed E-state index contributed by atoms with van der Waals surface area (Å²) in [7, 11) is 0. The van der Waals surface area contributed by atoms with Gasteiger partial charge in [0.1, 0.15) is 0 Å². The maximum atomic E-state index is 10.4. The second-order valence-corrected chi connectivity index (χ2v) is 1.46. The van der Waals surface area contributed by atoms with Gasteiger partial charge in [-0.2, -0.15) is 0 Å². The van der Waals surface area contributed by atoms with E-state index in [1.807, 2.05) is 0 Å². The molecule has 0 spiro atoms. The van der Waals surface area contributed by atoms with Crippen LogP contribution in [0.4, 0.5) is 0 Å². The van der Waals surface area contributed by atoms with Gasteiger partial charge in [-0.3, -0.25) is 0 Å². The molecule has 0 fully saturated rings. The first kappa shape index (κ1) is 6.33. The Morgan fingerprint density at radius 1 is 1.40 bits per heavy atom. The molecule has 0 radical (unpaired) electrons. The normalized spacial score (nSPS) is 9.60. The number of aromatic nitrogens is 2. The number of nitrogen functional groups attached to an aromatic ring is 1. The van der Waals surface area contributed by atoms with E-state index in [0.29, 0.717) is 0 Å². The van der Waals surface area contributed by atoms with Crippen molar-refractivity contribution in [3.8, 4) is 0 Å². The zero-order valence-corrected chi connectivity index (χ0v) is 4.66. The molecule has 0 saturated carbocycles. The highest BCUT2D eigenvalue weighted by Gasteiger charge is 1.97. The van der Waals surface area contributed by atoms with Gasteiger partial charge in [0.25, 0.3) is 0 Å². The Hall–Kier alpha value is -1.79. The monoisotopic (exact) mass is 145 g/mol. The van der Waals surface area contributed by atoms with Crippen molar-refractivity contribution in [3.63, 3.8) is 0 Å². The minimum Gasteiger partial charge on any atom is -0.357 e. The van der Waals surface area contributed by atoms with Crippen LogP contribution in [0.3, 0.4) is 0 Å². The molecule has 10 heavy (non-hydrogen) atoms. The molecule has 0 saturated heterocycles. The van der Waals surface area contributed by atoms with Gasteiger partial charge in [0, 0.05) is 0 Å². The van der Waals surface area contributed by atoms with Gasteiger partial charge in [0.2, 0.25) is 0 Å². The molecule has 0 aromatic carbocycles. The Bertz CT molecular complexity index is 361.